The highest BCUT2D eigenvalue weighted by Gasteiger charge is 2.11. The molecule has 0 aliphatic rings. The molecular weight excluding hydrogens is 341 g/mol. The molecule has 4 nitrogen and oxygen atoms in total. The Morgan fingerprint density at radius 1 is 1.00 bits per heavy atom. The van der Waals surface area contributed by atoms with Crippen LogP contribution in [0.4, 0.5) is 10.1 Å². The lowest BCUT2D eigenvalue weighted by atomic mass is 10.1. The van der Waals surface area contributed by atoms with Gasteiger partial charge in [0.1, 0.15) is 29.9 Å². The van der Waals surface area contributed by atoms with E-state index in [1.54, 1.807) is 6.07 Å². The zero-order chi connectivity index (χ0) is 19.0. The molecule has 0 atom stereocenters. The van der Waals surface area contributed by atoms with Crippen LogP contribution in [0.15, 0.2) is 46.9 Å². The third kappa shape index (κ3) is 3.03. The molecule has 5 heteroatoms. The van der Waals surface area contributed by atoms with Crippen LogP contribution in [0.1, 0.15) is 20.8 Å². The van der Waals surface area contributed by atoms with Crippen molar-refractivity contribution < 1.29 is 8.81 Å². The summed E-state index contributed by atoms with van der Waals surface area (Å²) in [5.74, 6) is -0.323. The zero-order valence-corrected chi connectivity index (χ0v) is 15.8. The van der Waals surface area contributed by atoms with Crippen molar-refractivity contribution in [3.05, 3.63) is 53.6 Å². The summed E-state index contributed by atoms with van der Waals surface area (Å²) >= 11 is 0. The van der Waals surface area contributed by atoms with Crippen LogP contribution in [0.25, 0.3) is 33.0 Å². The first-order valence-electron chi connectivity index (χ1n) is 9.43. The van der Waals surface area contributed by atoms with Crippen LogP contribution in [-0.4, -0.2) is 24.6 Å². The summed E-state index contributed by atoms with van der Waals surface area (Å²) < 4.78 is 22.7. The Bertz CT molecular complexity index is 1220. The van der Waals surface area contributed by atoms with Crippen molar-refractivity contribution in [2.75, 3.05) is 25.0 Å². The number of hydrogen-bond donors (Lipinski definition) is 1. The second kappa shape index (κ2) is 6.99. The fraction of sp³-hybridized carbons (Fsp3) is 0.273. The summed E-state index contributed by atoms with van der Waals surface area (Å²) in [4.78, 5) is 4.61. The lowest BCUT2D eigenvalue weighted by Gasteiger charge is -2.08. The molecule has 0 amide bonds. The first kappa shape index (κ1) is 17.5. The van der Waals surface area contributed by atoms with E-state index in [9.17, 15) is 4.39 Å². The molecule has 1 N–H and O–H groups in total. The molecule has 1 heterocycles. The highest BCUT2D eigenvalue weighted by Crippen LogP contribution is 2.29. The number of nitrogens with one attached hydrogen (secondary N) is 1. The van der Waals surface area contributed by atoms with Crippen molar-refractivity contribution in [2.45, 2.75) is 20.8 Å². The van der Waals surface area contributed by atoms with Crippen LogP contribution in [0.5, 0.6) is 0 Å². The molecular formula is C22H23FN3O+. The van der Waals surface area contributed by atoms with Gasteiger partial charge in [0.15, 0.2) is 11.2 Å². The summed E-state index contributed by atoms with van der Waals surface area (Å²) in [5, 5.41) is 6.32. The first-order chi connectivity index (χ1) is 13.1. The van der Waals surface area contributed by atoms with E-state index in [0.29, 0.717) is 23.3 Å². The van der Waals surface area contributed by atoms with Gasteiger partial charge in [-0.1, -0.05) is 6.07 Å². The SMILES string of the molecule is CCNc1cc2oc3c(ccc4cc(=[N+](CC)CC)ccc43)nc2cc1F. The van der Waals surface area contributed by atoms with Gasteiger partial charge in [-0.25, -0.2) is 13.9 Å². The number of nitrogens with zero attached hydrogens (tertiary/aromatic N) is 2. The van der Waals surface area contributed by atoms with Gasteiger partial charge in [-0.2, -0.15) is 0 Å². The second-order valence-corrected chi connectivity index (χ2v) is 6.54. The molecule has 0 saturated heterocycles. The summed E-state index contributed by atoms with van der Waals surface area (Å²) in [6, 6.07) is 13.5. The Kier molecular flexibility index (Phi) is 4.52. The number of aromatic nitrogens is 1. The molecule has 0 aliphatic carbocycles. The highest BCUT2D eigenvalue weighted by molar-refractivity contribution is 6.04. The molecule has 0 aliphatic heterocycles. The maximum atomic E-state index is 14.2. The van der Waals surface area contributed by atoms with E-state index in [1.165, 1.54) is 11.4 Å². The van der Waals surface area contributed by atoms with E-state index in [1.807, 2.05) is 19.1 Å². The molecule has 0 fully saturated rings. The molecule has 0 radical (unpaired) electrons. The fourth-order valence-electron chi connectivity index (χ4n) is 3.54. The molecule has 1 aromatic heterocycles. The summed E-state index contributed by atoms with van der Waals surface area (Å²) in [6.07, 6.45) is 0. The summed E-state index contributed by atoms with van der Waals surface area (Å²) in [7, 11) is 0. The zero-order valence-electron chi connectivity index (χ0n) is 15.8. The fourth-order valence-corrected chi connectivity index (χ4v) is 3.54. The Morgan fingerprint density at radius 3 is 2.56 bits per heavy atom. The molecule has 4 aromatic rings. The van der Waals surface area contributed by atoms with E-state index in [0.717, 1.165) is 35.0 Å². The van der Waals surface area contributed by atoms with Gasteiger partial charge in [-0.05, 0) is 38.3 Å². The van der Waals surface area contributed by atoms with Gasteiger partial charge in [0, 0.05) is 36.2 Å². The smallest absolute Gasteiger partial charge is 0.200 e. The predicted octanol–water partition coefficient (Wildman–Crippen LogP) is 4.52. The molecule has 0 spiro atoms. The Labute approximate surface area is 157 Å². The molecule has 0 bridgehead atoms. The minimum absolute atomic E-state index is 0.323. The van der Waals surface area contributed by atoms with Crippen molar-refractivity contribution in [3.63, 3.8) is 0 Å². The van der Waals surface area contributed by atoms with Crippen molar-refractivity contribution in [1.29, 1.82) is 0 Å². The van der Waals surface area contributed by atoms with Crippen LogP contribution in [0.3, 0.4) is 0 Å². The quantitative estimate of drug-likeness (QED) is 0.329. The van der Waals surface area contributed by atoms with E-state index in [2.05, 4.69) is 46.9 Å². The van der Waals surface area contributed by atoms with Gasteiger partial charge in [-0.15, -0.1) is 0 Å². The maximum Gasteiger partial charge on any atom is 0.200 e. The van der Waals surface area contributed by atoms with Crippen LogP contribution < -0.4 is 15.2 Å². The van der Waals surface area contributed by atoms with Crippen LogP contribution in [-0.2, 0) is 0 Å². The molecule has 4 rings (SSSR count). The third-order valence-corrected chi connectivity index (χ3v) is 4.93. The van der Waals surface area contributed by atoms with Crippen LogP contribution >= 0.6 is 0 Å². The number of halogens is 1. The minimum atomic E-state index is -0.323. The lowest BCUT2D eigenvalue weighted by Crippen LogP contribution is -2.29. The molecule has 138 valence electrons. The highest BCUT2D eigenvalue weighted by atomic mass is 19.1. The van der Waals surface area contributed by atoms with Gasteiger partial charge in [-0.3, -0.25) is 0 Å². The largest absolute Gasteiger partial charge is 0.452 e. The van der Waals surface area contributed by atoms with Crippen molar-refractivity contribution in [3.8, 4) is 0 Å². The van der Waals surface area contributed by atoms with E-state index in [-0.39, 0.29) is 5.82 Å². The standard InChI is InChI=1S/C22H22FN3O/c1-4-24-19-13-21-20(12-17(19)23)25-18-10-7-14-11-15(26(5-2)6-3)8-9-16(14)22(18)27-21/h7-13H,4-6H2,1-3H3/p+1. The van der Waals surface area contributed by atoms with E-state index >= 15 is 0 Å². The van der Waals surface area contributed by atoms with Gasteiger partial charge < -0.3 is 9.73 Å². The average molecular weight is 364 g/mol. The van der Waals surface area contributed by atoms with Gasteiger partial charge in [0.25, 0.3) is 0 Å². The Balaban J connectivity index is 2.01. The normalized spacial score (nSPS) is 11.4. The molecule has 3 aromatic carbocycles. The Hall–Kier alpha value is -2.95. The second-order valence-electron chi connectivity index (χ2n) is 6.54. The third-order valence-electron chi connectivity index (χ3n) is 4.93. The van der Waals surface area contributed by atoms with Gasteiger partial charge >= 0.3 is 0 Å². The van der Waals surface area contributed by atoms with Gasteiger partial charge in [0.2, 0.25) is 5.36 Å². The predicted molar refractivity (Wildman–Crippen MR) is 109 cm³/mol. The average Bonchev–Trinajstić information content (AvgIpc) is 2.68. The number of fused-ring (bicyclic) bond motifs is 4. The number of rotatable bonds is 4. The first-order valence-corrected chi connectivity index (χ1v) is 9.43. The number of anilines is 1. The van der Waals surface area contributed by atoms with Crippen molar-refractivity contribution in [2.24, 2.45) is 0 Å². The van der Waals surface area contributed by atoms with Crippen molar-refractivity contribution in [1.82, 2.24) is 9.56 Å². The number of hydrogen-bond acceptors (Lipinski definition) is 3. The number of benzene rings is 3. The summed E-state index contributed by atoms with van der Waals surface area (Å²) in [5.41, 5.74) is 2.96. The monoisotopic (exact) mass is 364 g/mol. The van der Waals surface area contributed by atoms with Gasteiger partial charge in [0.05, 0.1) is 5.69 Å². The topological polar surface area (TPSA) is 41.1 Å². The minimum Gasteiger partial charge on any atom is -0.452 e. The maximum absolute atomic E-state index is 14.2. The van der Waals surface area contributed by atoms with E-state index < -0.39 is 0 Å². The van der Waals surface area contributed by atoms with Crippen molar-refractivity contribution >= 4 is 38.7 Å². The van der Waals surface area contributed by atoms with E-state index in [4.69, 9.17) is 4.42 Å². The Morgan fingerprint density at radius 2 is 1.81 bits per heavy atom. The molecule has 0 saturated carbocycles. The van der Waals surface area contributed by atoms with Crippen LogP contribution in [0, 0.1) is 5.82 Å². The molecule has 0 unspecified atom stereocenters. The molecule has 27 heavy (non-hydrogen) atoms. The summed E-state index contributed by atoms with van der Waals surface area (Å²) in [6.45, 7) is 8.80. The van der Waals surface area contributed by atoms with Crippen LogP contribution in [0.2, 0.25) is 0 Å². The lowest BCUT2D eigenvalue weighted by molar-refractivity contribution is 0.625.